The number of hydrogen-bond acceptors (Lipinski definition) is 16. The lowest BCUT2D eigenvalue weighted by Gasteiger charge is -2.39. The zero-order chi connectivity index (χ0) is 93.2. The van der Waals surface area contributed by atoms with Gasteiger partial charge in [-0.2, -0.15) is 0 Å². The number of amides is 15. The molecule has 2 aliphatic heterocycles. The molecule has 123 heavy (non-hydrogen) atoms. The number of hydrogen-bond donors (Lipinski definition) is 7. The SMILES string of the molecule is CC[C@H](C)[C@H](NC(=O)[C@H](Cc1ccccc1)N(C)C(=O)[C@@H](NC(=O)[C@H](C)NC(=O)[C@H](CC(C)C)N(C)C(=O)[C@@H]1CC(=O)N(C)[C@@H](C)C(=O)N(C)[C@@H](CC(C)C)C(=O)N(C)[C@@H](Cc2ccccc2)C(=O)N[C@@H]([C@@H](C)O)C(=O)N(C)[C@@H](CC(C)C)C(=O)N(C)[C@@H](CC(C)C)C(=O)N[C@@H]([C@@H](C)CC)C(=O)N(C)[C@@H](CC(C)C)C(=O)N1)C(C)C)C(=O)N1CCCCC1. The minimum atomic E-state index is -1.88. The van der Waals surface area contributed by atoms with Gasteiger partial charge in [0.05, 0.1) is 12.5 Å². The second-order valence-corrected chi connectivity index (χ2v) is 37.0. The summed E-state index contributed by atoms with van der Waals surface area (Å²) in [5.41, 5.74) is 1.32. The maximum Gasteiger partial charge on any atom is 0.248 e. The van der Waals surface area contributed by atoms with Gasteiger partial charge in [0.25, 0.3) is 0 Å². The van der Waals surface area contributed by atoms with Gasteiger partial charge in [-0.1, -0.05) is 184 Å². The van der Waals surface area contributed by atoms with Crippen LogP contribution in [0.5, 0.6) is 0 Å². The topological polar surface area (TPSA) is 378 Å². The molecule has 2 fully saturated rings. The monoisotopic (exact) mass is 1720 g/mol. The van der Waals surface area contributed by atoms with E-state index in [0.717, 1.165) is 44.4 Å². The number of rotatable bonds is 31. The van der Waals surface area contributed by atoms with Crippen molar-refractivity contribution < 1.29 is 77.0 Å². The lowest BCUT2D eigenvalue weighted by molar-refractivity contribution is -0.153. The second-order valence-electron chi connectivity index (χ2n) is 37.0. The van der Waals surface area contributed by atoms with Crippen molar-refractivity contribution in [1.29, 1.82) is 0 Å². The maximum atomic E-state index is 15.9. The quantitative estimate of drug-likeness (QED) is 0.0468. The van der Waals surface area contributed by atoms with Crippen LogP contribution in [-0.2, 0) is 84.8 Å². The Morgan fingerprint density at radius 1 is 0.463 bits per heavy atom. The van der Waals surface area contributed by atoms with Crippen LogP contribution in [0, 0.1) is 47.3 Å². The Bertz CT molecular complexity index is 3870. The number of likely N-dealkylation sites (tertiary alicyclic amines) is 1. The molecular weight excluding hydrogens is 1570 g/mol. The van der Waals surface area contributed by atoms with E-state index in [1.54, 1.807) is 90.6 Å². The van der Waals surface area contributed by atoms with Crippen molar-refractivity contribution in [3.8, 4) is 0 Å². The summed E-state index contributed by atoms with van der Waals surface area (Å²) in [5.74, 6) is -14.1. The molecule has 0 bridgehead atoms. The molecule has 2 saturated heterocycles. The van der Waals surface area contributed by atoms with Gasteiger partial charge in [0.1, 0.15) is 84.6 Å². The van der Waals surface area contributed by atoms with Gasteiger partial charge in [-0.15, -0.1) is 0 Å². The molecule has 4 rings (SSSR count). The zero-order valence-corrected chi connectivity index (χ0v) is 78.8. The summed E-state index contributed by atoms with van der Waals surface area (Å²) in [6.45, 7) is 34.2. The molecule has 15 amide bonds. The van der Waals surface area contributed by atoms with Crippen LogP contribution in [0.4, 0.5) is 0 Å². The Hall–Kier alpha value is -9.55. The van der Waals surface area contributed by atoms with Crippen LogP contribution in [0.1, 0.15) is 213 Å². The van der Waals surface area contributed by atoms with Crippen molar-refractivity contribution in [2.45, 2.75) is 306 Å². The summed E-state index contributed by atoms with van der Waals surface area (Å²) < 4.78 is 0. The number of piperidine rings is 1. The highest BCUT2D eigenvalue weighted by atomic mass is 16.3. The van der Waals surface area contributed by atoms with Crippen molar-refractivity contribution in [2.75, 3.05) is 69.5 Å². The fourth-order valence-electron chi connectivity index (χ4n) is 15.8. The van der Waals surface area contributed by atoms with Crippen LogP contribution in [0.15, 0.2) is 60.7 Å². The standard InChI is InChI=1S/C92H151N15O16/c1-28-59(15)76-90(121)103(24)68(46-54(5)6)81(112)94-66(86(117)100(21)67(45-53(3)4)80(111)93-61(17)79(110)95-75(58(13)14)89(120)104(25)71(51-65-41-35-31-36-42-65)83(114)97-77(60(16)29-2)92(123)107-43-37-32-38-44-107)52-74(109)99(20)62(18)85(116)105(26)72(48-56(9)10)87(118)102(23)70(50-64-39-33-30-34-40-64)84(115)98-78(63(19)108)91(122)106(27)73(49-57(11)12)88(119)101(22)69(47-55(7)8)82(113)96-76/h30-31,33-36,39-42,53-63,66-73,75-78,108H,28-29,32,37-38,43-52H2,1-27H3,(H,93,111)(H,94,112)(H,95,110)(H,96,113)(H,97,114)(H,98,115)/t59-,60-,61-,62-,63+,66-,67-,68-,69-,70-,71-,72-,73-,75-,76-,77-,78-/m0/s1. The maximum absolute atomic E-state index is 15.9. The Kier molecular flexibility index (Phi) is 42.3. The van der Waals surface area contributed by atoms with Gasteiger partial charge in [0.15, 0.2) is 0 Å². The lowest BCUT2D eigenvalue weighted by Crippen LogP contribution is -2.63. The first-order chi connectivity index (χ1) is 57.4. The van der Waals surface area contributed by atoms with Crippen LogP contribution in [0.2, 0.25) is 0 Å². The Labute approximate surface area is 732 Å². The molecule has 2 aromatic rings. The summed E-state index contributed by atoms with van der Waals surface area (Å²) in [6, 6.07) is -1.43. The summed E-state index contributed by atoms with van der Waals surface area (Å²) in [7, 11) is 11.0. The van der Waals surface area contributed by atoms with Gasteiger partial charge in [0, 0.05) is 82.3 Å². The summed E-state index contributed by atoms with van der Waals surface area (Å²) in [5, 5.41) is 28.6. The highest BCUT2D eigenvalue weighted by Crippen LogP contribution is 2.27. The van der Waals surface area contributed by atoms with Crippen molar-refractivity contribution in [3.63, 3.8) is 0 Å². The lowest BCUT2D eigenvalue weighted by atomic mass is 9.94. The van der Waals surface area contributed by atoms with Crippen LogP contribution < -0.4 is 31.9 Å². The van der Waals surface area contributed by atoms with Crippen molar-refractivity contribution in [2.24, 2.45) is 47.3 Å². The van der Waals surface area contributed by atoms with E-state index in [9.17, 15) is 19.5 Å². The first-order valence-corrected chi connectivity index (χ1v) is 44.5. The molecule has 17 atom stereocenters. The third-order valence-electron chi connectivity index (χ3n) is 24.4. The number of aliphatic hydroxyl groups is 1. The van der Waals surface area contributed by atoms with Crippen LogP contribution in [-0.4, -0.2) is 298 Å². The number of carbonyl (C=O) groups excluding carboxylic acids is 15. The molecule has 0 aliphatic carbocycles. The molecule has 0 unspecified atom stereocenters. The highest BCUT2D eigenvalue weighted by Gasteiger charge is 2.47. The van der Waals surface area contributed by atoms with Crippen LogP contribution >= 0.6 is 0 Å². The van der Waals surface area contributed by atoms with E-state index in [4.69, 9.17) is 0 Å². The Morgan fingerprint density at radius 3 is 1.36 bits per heavy atom. The first-order valence-electron chi connectivity index (χ1n) is 44.5. The fraction of sp³-hybridized carbons (Fsp3) is 0.707. The number of benzene rings is 2. The van der Waals surface area contributed by atoms with E-state index in [1.165, 1.54) is 96.8 Å². The summed E-state index contributed by atoms with van der Waals surface area (Å²) in [6.07, 6.45) is 1.08. The van der Waals surface area contributed by atoms with Gasteiger partial charge in [-0.3, -0.25) is 71.9 Å². The molecule has 0 spiro atoms. The van der Waals surface area contributed by atoms with Gasteiger partial charge in [0.2, 0.25) is 88.6 Å². The van der Waals surface area contributed by atoms with E-state index in [-0.39, 0.29) is 86.4 Å². The van der Waals surface area contributed by atoms with Crippen molar-refractivity contribution >= 4 is 88.6 Å². The molecule has 7 N–H and O–H groups in total. The molecule has 0 radical (unpaired) electrons. The molecule has 31 heteroatoms. The average Bonchev–Trinajstić information content (AvgIpc) is 0.814. The molecule has 2 aromatic carbocycles. The predicted octanol–water partition coefficient (Wildman–Crippen LogP) is 5.81. The van der Waals surface area contributed by atoms with Crippen molar-refractivity contribution in [3.05, 3.63) is 71.8 Å². The number of nitrogens with zero attached hydrogens (tertiary/aromatic N) is 9. The average molecular weight is 1720 g/mol. The smallest absolute Gasteiger partial charge is 0.248 e. The van der Waals surface area contributed by atoms with Gasteiger partial charge < -0.3 is 81.1 Å². The van der Waals surface area contributed by atoms with Gasteiger partial charge >= 0.3 is 0 Å². The third-order valence-corrected chi connectivity index (χ3v) is 24.4. The molecule has 0 aromatic heterocycles. The number of carbonyl (C=O) groups is 15. The predicted molar refractivity (Wildman–Crippen MR) is 473 cm³/mol. The highest BCUT2D eigenvalue weighted by molar-refractivity contribution is 6.02. The number of aliphatic hydroxyl groups excluding tert-OH is 1. The Morgan fingerprint density at radius 2 is 0.886 bits per heavy atom. The van der Waals surface area contributed by atoms with Crippen LogP contribution in [0.3, 0.4) is 0 Å². The fourth-order valence-corrected chi connectivity index (χ4v) is 15.8. The molecule has 2 aliphatic rings. The van der Waals surface area contributed by atoms with Gasteiger partial charge in [-0.05, 0) is 131 Å². The normalized spacial score (nSPS) is 23.1. The number of nitrogens with one attached hydrogen (secondary N) is 6. The molecule has 2 heterocycles. The van der Waals surface area contributed by atoms with E-state index in [2.05, 4.69) is 31.9 Å². The molecular formula is C92H151N15O16. The first kappa shape index (κ1) is 106. The number of likely N-dealkylation sites (N-methyl/N-ethyl adjacent to an activating group) is 8. The van der Waals surface area contributed by atoms with Crippen molar-refractivity contribution in [1.82, 2.24) is 76.0 Å². The van der Waals surface area contributed by atoms with E-state index in [0.29, 0.717) is 31.5 Å². The minimum Gasteiger partial charge on any atom is -0.391 e. The zero-order valence-electron chi connectivity index (χ0n) is 78.8. The van der Waals surface area contributed by atoms with E-state index in [1.807, 2.05) is 85.7 Å². The molecule has 0 saturated carbocycles. The van der Waals surface area contributed by atoms with Crippen LogP contribution in [0.25, 0.3) is 0 Å². The Balaban J connectivity index is 1.93. The summed E-state index contributed by atoms with van der Waals surface area (Å²) in [4.78, 5) is 239. The van der Waals surface area contributed by atoms with Gasteiger partial charge in [-0.25, -0.2) is 0 Å². The van der Waals surface area contributed by atoms with E-state index >= 15 is 57.5 Å². The minimum absolute atomic E-state index is 0.0292. The summed E-state index contributed by atoms with van der Waals surface area (Å²) >= 11 is 0. The largest absolute Gasteiger partial charge is 0.391 e. The molecule has 690 valence electrons. The molecule has 31 nitrogen and oxygen atoms in total. The second kappa shape index (κ2) is 49.2. The van der Waals surface area contributed by atoms with E-state index < -0.39 is 192 Å². The third kappa shape index (κ3) is 29.8.